The molecule has 1 aliphatic rings. The van der Waals surface area contributed by atoms with Gasteiger partial charge in [-0.2, -0.15) is 0 Å². The smallest absolute Gasteiger partial charge is 0.273 e. The minimum Gasteiger partial charge on any atom is -0.334 e. The van der Waals surface area contributed by atoms with Crippen molar-refractivity contribution >= 4 is 29.7 Å². The Hall–Kier alpha value is -0.650. The lowest BCUT2D eigenvalue weighted by atomic mass is 10.1. The van der Waals surface area contributed by atoms with Gasteiger partial charge in [-0.1, -0.05) is 19.8 Å². The van der Waals surface area contributed by atoms with Crippen molar-refractivity contribution in [2.75, 3.05) is 6.54 Å². The number of nitrogens with two attached hydrogens (primary N) is 1. The molecule has 0 saturated carbocycles. The minimum atomic E-state index is 0. The first-order chi connectivity index (χ1) is 8.76. The number of thiazole rings is 1. The van der Waals surface area contributed by atoms with Gasteiger partial charge in [-0.3, -0.25) is 4.79 Å². The zero-order chi connectivity index (χ0) is 13.0. The SMILES string of the molecule is CCC1CCCCCN1C(=O)c1csc(CN)n1.Cl. The summed E-state index contributed by atoms with van der Waals surface area (Å²) >= 11 is 1.47. The number of aromatic nitrogens is 1. The average molecular weight is 304 g/mol. The quantitative estimate of drug-likeness (QED) is 0.934. The molecule has 1 aliphatic heterocycles. The lowest BCUT2D eigenvalue weighted by Crippen LogP contribution is -2.39. The normalized spacial score (nSPS) is 19.7. The third-order valence-electron chi connectivity index (χ3n) is 3.55. The standard InChI is InChI=1S/C13H21N3OS.ClH/c1-2-10-6-4-3-5-7-16(10)13(17)11-9-18-12(8-14)15-11;/h9-10H,2-8,14H2,1H3;1H. The number of amides is 1. The van der Waals surface area contributed by atoms with Gasteiger partial charge in [-0.05, 0) is 19.3 Å². The highest BCUT2D eigenvalue weighted by Gasteiger charge is 2.26. The highest BCUT2D eigenvalue weighted by molar-refractivity contribution is 7.09. The van der Waals surface area contributed by atoms with Crippen LogP contribution in [0.3, 0.4) is 0 Å². The average Bonchev–Trinajstić information content (AvgIpc) is 2.75. The van der Waals surface area contributed by atoms with E-state index < -0.39 is 0 Å². The molecule has 0 aromatic carbocycles. The number of hydrogen-bond acceptors (Lipinski definition) is 4. The zero-order valence-corrected chi connectivity index (χ0v) is 12.9. The second-order valence-corrected chi connectivity index (χ2v) is 5.68. The Labute approximate surface area is 124 Å². The van der Waals surface area contributed by atoms with Crippen LogP contribution >= 0.6 is 23.7 Å². The van der Waals surface area contributed by atoms with E-state index in [9.17, 15) is 4.79 Å². The van der Waals surface area contributed by atoms with E-state index >= 15 is 0 Å². The van der Waals surface area contributed by atoms with Crippen LogP contribution in [0.4, 0.5) is 0 Å². The number of nitrogens with zero attached hydrogens (tertiary/aromatic N) is 2. The van der Waals surface area contributed by atoms with E-state index in [2.05, 4.69) is 11.9 Å². The first-order valence-corrected chi connectivity index (χ1v) is 7.59. The maximum absolute atomic E-state index is 12.5. The van der Waals surface area contributed by atoms with Crippen LogP contribution in [0.15, 0.2) is 5.38 Å². The molecule has 108 valence electrons. The molecule has 0 aliphatic carbocycles. The highest BCUT2D eigenvalue weighted by Crippen LogP contribution is 2.22. The van der Waals surface area contributed by atoms with Gasteiger partial charge < -0.3 is 10.6 Å². The van der Waals surface area contributed by atoms with Gasteiger partial charge in [0.2, 0.25) is 0 Å². The monoisotopic (exact) mass is 303 g/mol. The van der Waals surface area contributed by atoms with E-state index in [1.807, 2.05) is 10.3 Å². The Bertz CT molecular complexity index is 410. The van der Waals surface area contributed by atoms with Crippen LogP contribution in [0.5, 0.6) is 0 Å². The molecule has 1 amide bonds. The van der Waals surface area contributed by atoms with Crippen LogP contribution in [0, 0.1) is 0 Å². The Morgan fingerprint density at radius 2 is 2.32 bits per heavy atom. The molecule has 0 radical (unpaired) electrons. The van der Waals surface area contributed by atoms with Crippen molar-refractivity contribution < 1.29 is 4.79 Å². The summed E-state index contributed by atoms with van der Waals surface area (Å²) in [5.41, 5.74) is 6.11. The van der Waals surface area contributed by atoms with E-state index in [0.29, 0.717) is 18.3 Å². The van der Waals surface area contributed by atoms with E-state index in [1.54, 1.807) is 0 Å². The first kappa shape index (κ1) is 16.4. The molecule has 1 aromatic heterocycles. The third-order valence-corrected chi connectivity index (χ3v) is 4.43. The van der Waals surface area contributed by atoms with Crippen LogP contribution in [-0.2, 0) is 6.54 Å². The highest BCUT2D eigenvalue weighted by atomic mass is 35.5. The van der Waals surface area contributed by atoms with Crippen molar-refractivity contribution in [2.24, 2.45) is 5.73 Å². The van der Waals surface area contributed by atoms with Crippen LogP contribution in [0.25, 0.3) is 0 Å². The lowest BCUT2D eigenvalue weighted by Gasteiger charge is -2.28. The Morgan fingerprint density at radius 3 is 2.95 bits per heavy atom. The minimum absolute atomic E-state index is 0. The van der Waals surface area contributed by atoms with Crippen LogP contribution in [0.2, 0.25) is 0 Å². The topological polar surface area (TPSA) is 59.2 Å². The van der Waals surface area contributed by atoms with E-state index in [0.717, 1.165) is 30.8 Å². The van der Waals surface area contributed by atoms with Gasteiger partial charge in [-0.25, -0.2) is 4.98 Å². The van der Waals surface area contributed by atoms with Crippen molar-refractivity contribution in [2.45, 2.75) is 51.6 Å². The van der Waals surface area contributed by atoms with Crippen molar-refractivity contribution in [3.05, 3.63) is 16.1 Å². The van der Waals surface area contributed by atoms with Gasteiger partial charge >= 0.3 is 0 Å². The molecule has 4 nitrogen and oxygen atoms in total. The summed E-state index contributed by atoms with van der Waals surface area (Å²) in [5.74, 6) is 0.0831. The number of carbonyl (C=O) groups excluding carboxylic acids is 1. The Morgan fingerprint density at radius 1 is 1.53 bits per heavy atom. The third kappa shape index (κ3) is 3.91. The van der Waals surface area contributed by atoms with Crippen molar-refractivity contribution in [1.82, 2.24) is 9.88 Å². The fraction of sp³-hybridized carbons (Fsp3) is 0.692. The molecular formula is C13H22ClN3OS. The molecule has 2 rings (SSSR count). The number of carbonyl (C=O) groups is 1. The molecule has 1 saturated heterocycles. The first-order valence-electron chi connectivity index (χ1n) is 6.71. The molecule has 0 bridgehead atoms. The molecule has 0 spiro atoms. The summed E-state index contributed by atoms with van der Waals surface area (Å²) < 4.78 is 0. The molecule has 1 fully saturated rings. The van der Waals surface area contributed by atoms with Crippen molar-refractivity contribution in [3.8, 4) is 0 Å². The van der Waals surface area contributed by atoms with Gasteiger partial charge in [0, 0.05) is 24.5 Å². The van der Waals surface area contributed by atoms with Crippen molar-refractivity contribution in [1.29, 1.82) is 0 Å². The van der Waals surface area contributed by atoms with E-state index in [-0.39, 0.29) is 18.3 Å². The van der Waals surface area contributed by atoms with Gasteiger partial charge in [0.15, 0.2) is 0 Å². The zero-order valence-electron chi connectivity index (χ0n) is 11.3. The summed E-state index contributed by atoms with van der Waals surface area (Å²) in [6.45, 7) is 3.44. The van der Waals surface area contributed by atoms with Crippen molar-refractivity contribution in [3.63, 3.8) is 0 Å². The second kappa shape index (κ2) is 7.82. The summed E-state index contributed by atoms with van der Waals surface area (Å²) in [7, 11) is 0. The number of rotatable bonds is 3. The van der Waals surface area contributed by atoms with Crippen LogP contribution in [-0.4, -0.2) is 28.4 Å². The summed E-state index contributed by atoms with van der Waals surface area (Å²) in [6, 6.07) is 0.378. The number of halogens is 1. The maximum atomic E-state index is 12.5. The molecule has 1 unspecified atom stereocenters. The molecule has 1 atom stereocenters. The second-order valence-electron chi connectivity index (χ2n) is 4.74. The predicted molar refractivity (Wildman–Crippen MR) is 80.8 cm³/mol. The van der Waals surface area contributed by atoms with Crippen LogP contribution in [0.1, 0.15) is 54.5 Å². The fourth-order valence-corrected chi connectivity index (χ4v) is 3.17. The van der Waals surface area contributed by atoms with Crippen LogP contribution < -0.4 is 5.73 Å². The van der Waals surface area contributed by atoms with Gasteiger partial charge in [0.05, 0.1) is 0 Å². The van der Waals surface area contributed by atoms with Gasteiger partial charge in [-0.15, -0.1) is 23.7 Å². The van der Waals surface area contributed by atoms with Gasteiger partial charge in [0.1, 0.15) is 10.7 Å². The van der Waals surface area contributed by atoms with E-state index in [4.69, 9.17) is 5.73 Å². The molecule has 6 heteroatoms. The fourth-order valence-electron chi connectivity index (χ4n) is 2.52. The Balaban J connectivity index is 0.00000180. The Kier molecular flexibility index (Phi) is 6.75. The largest absolute Gasteiger partial charge is 0.334 e. The molecule has 19 heavy (non-hydrogen) atoms. The maximum Gasteiger partial charge on any atom is 0.273 e. The summed E-state index contributed by atoms with van der Waals surface area (Å²) in [6.07, 6.45) is 5.71. The summed E-state index contributed by atoms with van der Waals surface area (Å²) in [5, 5.41) is 2.67. The molecule has 2 heterocycles. The number of likely N-dealkylation sites (tertiary alicyclic amines) is 1. The number of hydrogen-bond donors (Lipinski definition) is 1. The van der Waals surface area contributed by atoms with E-state index in [1.165, 1.54) is 24.2 Å². The lowest BCUT2D eigenvalue weighted by molar-refractivity contribution is 0.0673. The molecular weight excluding hydrogens is 282 g/mol. The predicted octanol–water partition coefficient (Wildman–Crippen LogP) is 2.82. The summed E-state index contributed by atoms with van der Waals surface area (Å²) in [4.78, 5) is 18.8. The van der Waals surface area contributed by atoms with Gasteiger partial charge in [0.25, 0.3) is 5.91 Å². The molecule has 1 aromatic rings. The molecule has 2 N–H and O–H groups in total.